The van der Waals surface area contributed by atoms with E-state index < -0.39 is 11.7 Å². The average Bonchev–Trinajstić information content (AvgIpc) is 2.46. The maximum atomic E-state index is 12.7. The topological polar surface area (TPSA) is 32.9 Å². The highest BCUT2D eigenvalue weighted by atomic mass is 19.4. The summed E-state index contributed by atoms with van der Waals surface area (Å²) in [6.45, 7) is 0. The molecule has 2 nitrogen and oxygen atoms in total. The molecule has 3 aromatic rings. The van der Waals surface area contributed by atoms with Gasteiger partial charge in [-0.1, -0.05) is 18.2 Å². The minimum atomic E-state index is -4.36. The number of nitrogens with one attached hydrogen (secondary N) is 1. The van der Waals surface area contributed by atoms with Gasteiger partial charge in [0.15, 0.2) is 0 Å². The maximum absolute atomic E-state index is 12.7. The molecule has 0 aliphatic rings. The van der Waals surface area contributed by atoms with Crippen LogP contribution < -0.4 is 5.56 Å². The first-order chi connectivity index (χ1) is 9.93. The van der Waals surface area contributed by atoms with Crippen LogP contribution in [0.4, 0.5) is 13.2 Å². The fourth-order valence-electron chi connectivity index (χ4n) is 2.21. The summed E-state index contributed by atoms with van der Waals surface area (Å²) in [5.74, 6) is 0. The number of halogens is 3. The van der Waals surface area contributed by atoms with Gasteiger partial charge in [-0.3, -0.25) is 4.79 Å². The largest absolute Gasteiger partial charge is 0.416 e. The minimum Gasteiger partial charge on any atom is -0.322 e. The Balaban J connectivity index is 2.12. The van der Waals surface area contributed by atoms with E-state index in [1.165, 1.54) is 12.1 Å². The van der Waals surface area contributed by atoms with Crippen LogP contribution in [0.3, 0.4) is 0 Å². The van der Waals surface area contributed by atoms with Gasteiger partial charge in [0, 0.05) is 11.6 Å². The van der Waals surface area contributed by atoms with Crippen LogP contribution in [0.1, 0.15) is 5.56 Å². The van der Waals surface area contributed by atoms with E-state index in [0.29, 0.717) is 16.6 Å². The molecule has 2 aromatic carbocycles. The van der Waals surface area contributed by atoms with Gasteiger partial charge in [0.25, 0.3) is 0 Å². The van der Waals surface area contributed by atoms with Gasteiger partial charge in [-0.2, -0.15) is 13.2 Å². The summed E-state index contributed by atoms with van der Waals surface area (Å²) >= 11 is 0. The van der Waals surface area contributed by atoms with Crippen molar-refractivity contribution in [3.8, 4) is 11.1 Å². The van der Waals surface area contributed by atoms with Crippen LogP contribution in [0.25, 0.3) is 22.0 Å². The first-order valence-corrected chi connectivity index (χ1v) is 6.24. The van der Waals surface area contributed by atoms with Crippen molar-refractivity contribution in [1.82, 2.24) is 4.98 Å². The molecule has 0 unspecified atom stereocenters. The lowest BCUT2D eigenvalue weighted by Gasteiger charge is -2.09. The van der Waals surface area contributed by atoms with E-state index in [2.05, 4.69) is 4.98 Å². The van der Waals surface area contributed by atoms with Gasteiger partial charge in [-0.25, -0.2) is 0 Å². The summed E-state index contributed by atoms with van der Waals surface area (Å²) in [6, 6.07) is 13.3. The van der Waals surface area contributed by atoms with Crippen molar-refractivity contribution >= 4 is 10.9 Å². The van der Waals surface area contributed by atoms with Crippen LogP contribution in [-0.2, 0) is 6.18 Å². The number of benzene rings is 2. The molecule has 0 spiro atoms. The normalized spacial score (nSPS) is 11.8. The molecule has 0 saturated heterocycles. The van der Waals surface area contributed by atoms with E-state index in [1.807, 2.05) is 0 Å². The summed E-state index contributed by atoms with van der Waals surface area (Å²) < 4.78 is 38.2. The first kappa shape index (κ1) is 13.4. The highest BCUT2D eigenvalue weighted by Crippen LogP contribution is 2.32. The predicted octanol–water partition coefficient (Wildman–Crippen LogP) is 4.21. The molecule has 5 heteroatoms. The minimum absolute atomic E-state index is 0.214. The molecule has 21 heavy (non-hydrogen) atoms. The second-order valence-electron chi connectivity index (χ2n) is 4.70. The number of pyridine rings is 1. The highest BCUT2D eigenvalue weighted by Gasteiger charge is 2.30. The Morgan fingerprint density at radius 1 is 0.857 bits per heavy atom. The molecule has 0 atom stereocenters. The average molecular weight is 289 g/mol. The van der Waals surface area contributed by atoms with E-state index >= 15 is 0 Å². The van der Waals surface area contributed by atoms with E-state index in [1.54, 1.807) is 30.3 Å². The molecule has 1 heterocycles. The molecule has 0 fully saturated rings. The van der Waals surface area contributed by atoms with E-state index in [4.69, 9.17) is 0 Å². The summed E-state index contributed by atoms with van der Waals surface area (Å²) in [5, 5.41) is 0.768. The quantitative estimate of drug-likeness (QED) is 0.715. The summed E-state index contributed by atoms with van der Waals surface area (Å²) in [4.78, 5) is 13.9. The van der Waals surface area contributed by atoms with E-state index in [-0.39, 0.29) is 5.56 Å². The summed E-state index contributed by atoms with van der Waals surface area (Å²) in [5.41, 5.74) is 0.910. The van der Waals surface area contributed by atoms with Crippen molar-refractivity contribution in [3.63, 3.8) is 0 Å². The van der Waals surface area contributed by atoms with Gasteiger partial charge in [-0.15, -0.1) is 0 Å². The zero-order valence-corrected chi connectivity index (χ0v) is 10.7. The standard InChI is InChI=1S/C16H10F3NO/c17-16(18,19)13-3-1-2-10(9-13)11-4-6-14-12(8-11)5-7-15(21)20-14/h1-9H,(H,20,21). The van der Waals surface area contributed by atoms with Gasteiger partial charge in [0.05, 0.1) is 5.56 Å². The fourth-order valence-corrected chi connectivity index (χ4v) is 2.21. The zero-order chi connectivity index (χ0) is 15.0. The number of hydrogen-bond acceptors (Lipinski definition) is 1. The van der Waals surface area contributed by atoms with Crippen LogP contribution in [0.2, 0.25) is 0 Å². The smallest absolute Gasteiger partial charge is 0.322 e. The number of fused-ring (bicyclic) bond motifs is 1. The number of aromatic amines is 1. The second kappa shape index (κ2) is 4.77. The number of H-pyrrole nitrogens is 1. The number of rotatable bonds is 1. The van der Waals surface area contributed by atoms with Gasteiger partial charge >= 0.3 is 6.18 Å². The maximum Gasteiger partial charge on any atom is 0.416 e. The molecule has 1 N–H and O–H groups in total. The number of hydrogen-bond donors (Lipinski definition) is 1. The molecule has 0 aliphatic carbocycles. The number of alkyl halides is 3. The summed E-state index contributed by atoms with van der Waals surface area (Å²) in [7, 11) is 0. The van der Waals surface area contributed by atoms with Crippen LogP contribution in [-0.4, -0.2) is 4.98 Å². The lowest BCUT2D eigenvalue weighted by Crippen LogP contribution is -2.04. The summed E-state index contributed by atoms with van der Waals surface area (Å²) in [6.07, 6.45) is -4.36. The highest BCUT2D eigenvalue weighted by molar-refractivity contribution is 5.84. The van der Waals surface area contributed by atoms with Crippen molar-refractivity contribution in [2.24, 2.45) is 0 Å². The second-order valence-corrected chi connectivity index (χ2v) is 4.70. The van der Waals surface area contributed by atoms with Gasteiger partial charge in [0.1, 0.15) is 0 Å². The molecule has 0 bridgehead atoms. The molecule has 0 aliphatic heterocycles. The molecule has 0 amide bonds. The molecule has 1 aromatic heterocycles. The van der Waals surface area contributed by atoms with E-state index in [9.17, 15) is 18.0 Å². The third-order valence-electron chi connectivity index (χ3n) is 3.25. The lowest BCUT2D eigenvalue weighted by atomic mass is 10.0. The Bertz CT molecular complexity index is 865. The van der Waals surface area contributed by atoms with Gasteiger partial charge < -0.3 is 4.98 Å². The third-order valence-corrected chi connectivity index (χ3v) is 3.25. The molecular weight excluding hydrogens is 279 g/mol. The van der Waals surface area contributed by atoms with E-state index in [0.717, 1.165) is 17.5 Å². The lowest BCUT2D eigenvalue weighted by molar-refractivity contribution is -0.137. The molecule has 0 radical (unpaired) electrons. The third kappa shape index (κ3) is 2.67. The SMILES string of the molecule is O=c1ccc2cc(-c3cccc(C(F)(F)F)c3)ccc2[nH]1. The van der Waals surface area contributed by atoms with Crippen LogP contribution in [0, 0.1) is 0 Å². The first-order valence-electron chi connectivity index (χ1n) is 6.24. The Hall–Kier alpha value is -2.56. The van der Waals surface area contributed by atoms with Crippen molar-refractivity contribution in [3.05, 3.63) is 70.5 Å². The molecular formula is C16H10F3NO. The monoisotopic (exact) mass is 289 g/mol. The molecule has 0 saturated carbocycles. The van der Waals surface area contributed by atoms with Crippen molar-refractivity contribution in [2.75, 3.05) is 0 Å². The Labute approximate surface area is 117 Å². The molecule has 106 valence electrons. The van der Waals surface area contributed by atoms with Crippen molar-refractivity contribution < 1.29 is 13.2 Å². The van der Waals surface area contributed by atoms with Crippen LogP contribution in [0.15, 0.2) is 59.4 Å². The Kier molecular flexibility index (Phi) is 3.05. The van der Waals surface area contributed by atoms with Crippen molar-refractivity contribution in [2.45, 2.75) is 6.18 Å². The Morgan fingerprint density at radius 2 is 1.62 bits per heavy atom. The Morgan fingerprint density at radius 3 is 2.38 bits per heavy atom. The van der Waals surface area contributed by atoms with Crippen molar-refractivity contribution in [1.29, 1.82) is 0 Å². The number of aromatic nitrogens is 1. The van der Waals surface area contributed by atoms with Crippen LogP contribution in [0.5, 0.6) is 0 Å². The zero-order valence-electron chi connectivity index (χ0n) is 10.7. The van der Waals surface area contributed by atoms with Crippen LogP contribution >= 0.6 is 0 Å². The predicted molar refractivity (Wildman–Crippen MR) is 75.0 cm³/mol. The van der Waals surface area contributed by atoms with Gasteiger partial charge in [0.2, 0.25) is 5.56 Å². The van der Waals surface area contributed by atoms with Gasteiger partial charge in [-0.05, 0) is 46.8 Å². The fraction of sp³-hybridized carbons (Fsp3) is 0.0625. The molecule has 3 rings (SSSR count).